The summed E-state index contributed by atoms with van der Waals surface area (Å²) in [4.78, 5) is 12.1. The maximum absolute atomic E-state index is 12.3. The molecule has 2 aromatic carbocycles. The topological polar surface area (TPSA) is 68.8 Å². The van der Waals surface area contributed by atoms with Gasteiger partial charge < -0.3 is 24.8 Å². The van der Waals surface area contributed by atoms with Crippen molar-refractivity contribution in [3.63, 3.8) is 0 Å². The van der Waals surface area contributed by atoms with E-state index in [1.165, 1.54) is 12.1 Å². The van der Waals surface area contributed by atoms with E-state index in [9.17, 15) is 13.6 Å². The van der Waals surface area contributed by atoms with Crippen molar-refractivity contribution in [2.75, 3.05) is 13.2 Å². The Morgan fingerprint density at radius 3 is 2.70 bits per heavy atom. The summed E-state index contributed by atoms with van der Waals surface area (Å²) in [6.45, 7) is 0.157. The van der Waals surface area contributed by atoms with Crippen molar-refractivity contribution in [1.82, 2.24) is 10.6 Å². The minimum atomic E-state index is -2.89. The quantitative estimate of drug-likeness (QED) is 0.806. The lowest BCUT2D eigenvalue weighted by Gasteiger charge is -2.21. The Morgan fingerprint density at radius 1 is 1.15 bits per heavy atom. The van der Waals surface area contributed by atoms with Crippen LogP contribution in [0.15, 0.2) is 42.5 Å². The molecular weight excluding hydrogens is 358 g/mol. The predicted octanol–water partition coefficient (Wildman–Crippen LogP) is 3.62. The summed E-state index contributed by atoms with van der Waals surface area (Å²) < 4.78 is 39.9. The third-order valence-corrected chi connectivity index (χ3v) is 3.99. The molecule has 0 saturated carbocycles. The number of nitrogens with one attached hydrogen (secondary N) is 2. The summed E-state index contributed by atoms with van der Waals surface area (Å²) in [5, 5.41) is 5.52. The van der Waals surface area contributed by atoms with Gasteiger partial charge in [0.15, 0.2) is 11.5 Å². The standard InChI is InChI=1S/C19H20F2N2O4/c1-12(14-5-6-16-17(10-14)26-8-7-25-16)23-19(24)22-11-13-3-2-4-15(9-13)27-18(20)21/h2-6,9-10,12,18H,7-8,11H2,1H3,(H2,22,23,24). The molecule has 1 aliphatic heterocycles. The van der Waals surface area contributed by atoms with Crippen LogP contribution < -0.4 is 24.8 Å². The van der Waals surface area contributed by atoms with Crippen molar-refractivity contribution < 1.29 is 27.8 Å². The summed E-state index contributed by atoms with van der Waals surface area (Å²) in [5.41, 5.74) is 1.53. The van der Waals surface area contributed by atoms with Crippen molar-refractivity contribution >= 4 is 6.03 Å². The molecule has 2 amide bonds. The van der Waals surface area contributed by atoms with Gasteiger partial charge in [0, 0.05) is 6.54 Å². The second-order valence-electron chi connectivity index (χ2n) is 5.98. The van der Waals surface area contributed by atoms with Crippen LogP contribution in [0.2, 0.25) is 0 Å². The highest BCUT2D eigenvalue weighted by atomic mass is 19.3. The van der Waals surface area contributed by atoms with Gasteiger partial charge in [-0.2, -0.15) is 8.78 Å². The highest BCUT2D eigenvalue weighted by Crippen LogP contribution is 2.32. The molecule has 0 aliphatic carbocycles. The van der Waals surface area contributed by atoms with Gasteiger partial charge in [-0.25, -0.2) is 4.79 Å². The second-order valence-corrected chi connectivity index (χ2v) is 5.98. The minimum Gasteiger partial charge on any atom is -0.486 e. The summed E-state index contributed by atoms with van der Waals surface area (Å²) in [6.07, 6.45) is 0. The number of hydrogen-bond acceptors (Lipinski definition) is 4. The maximum Gasteiger partial charge on any atom is 0.387 e. The van der Waals surface area contributed by atoms with Gasteiger partial charge in [0.05, 0.1) is 6.04 Å². The van der Waals surface area contributed by atoms with Gasteiger partial charge in [-0.1, -0.05) is 18.2 Å². The van der Waals surface area contributed by atoms with E-state index in [-0.39, 0.29) is 24.4 Å². The first-order valence-corrected chi connectivity index (χ1v) is 8.49. The molecular formula is C19H20F2N2O4. The van der Waals surface area contributed by atoms with E-state index in [1.54, 1.807) is 12.1 Å². The molecule has 8 heteroatoms. The lowest BCUT2D eigenvalue weighted by molar-refractivity contribution is -0.0498. The van der Waals surface area contributed by atoms with Crippen LogP contribution in [0.25, 0.3) is 0 Å². The van der Waals surface area contributed by atoms with Gasteiger partial charge in [0.1, 0.15) is 19.0 Å². The minimum absolute atomic E-state index is 0.0503. The zero-order chi connectivity index (χ0) is 19.2. The molecule has 6 nitrogen and oxygen atoms in total. The van der Waals surface area contributed by atoms with Crippen molar-refractivity contribution in [3.05, 3.63) is 53.6 Å². The van der Waals surface area contributed by atoms with Crippen LogP contribution >= 0.6 is 0 Å². The number of halogens is 2. The first-order chi connectivity index (χ1) is 13.0. The third-order valence-electron chi connectivity index (χ3n) is 3.99. The Morgan fingerprint density at radius 2 is 1.93 bits per heavy atom. The number of urea groups is 1. The van der Waals surface area contributed by atoms with Gasteiger partial charge in [0.25, 0.3) is 0 Å². The van der Waals surface area contributed by atoms with Crippen LogP contribution in [0, 0.1) is 0 Å². The zero-order valence-corrected chi connectivity index (χ0v) is 14.7. The molecule has 0 spiro atoms. The number of carbonyl (C=O) groups excluding carboxylic acids is 1. The van der Waals surface area contributed by atoms with Crippen LogP contribution in [-0.4, -0.2) is 25.9 Å². The van der Waals surface area contributed by atoms with Gasteiger partial charge in [-0.05, 0) is 42.3 Å². The van der Waals surface area contributed by atoms with Crippen LogP contribution in [-0.2, 0) is 6.54 Å². The Bertz CT molecular complexity index is 801. The SMILES string of the molecule is CC(NC(=O)NCc1cccc(OC(F)F)c1)c1ccc2c(c1)OCCO2. The Balaban J connectivity index is 1.53. The second kappa shape index (κ2) is 8.57. The number of amides is 2. The number of alkyl halides is 2. The third kappa shape index (κ3) is 5.22. The summed E-state index contributed by atoms with van der Waals surface area (Å²) in [6, 6.07) is 11.1. The summed E-state index contributed by atoms with van der Waals surface area (Å²) in [7, 11) is 0. The molecule has 0 saturated heterocycles. The van der Waals surface area contributed by atoms with Crippen molar-refractivity contribution in [2.45, 2.75) is 26.1 Å². The molecule has 27 heavy (non-hydrogen) atoms. The lowest BCUT2D eigenvalue weighted by atomic mass is 10.1. The Hall–Kier alpha value is -3.03. The smallest absolute Gasteiger partial charge is 0.387 e. The van der Waals surface area contributed by atoms with Crippen LogP contribution in [0.3, 0.4) is 0 Å². The molecule has 2 N–H and O–H groups in total. The lowest BCUT2D eigenvalue weighted by Crippen LogP contribution is -2.36. The molecule has 144 valence electrons. The number of ether oxygens (including phenoxy) is 3. The fourth-order valence-electron chi connectivity index (χ4n) is 2.67. The zero-order valence-electron chi connectivity index (χ0n) is 14.7. The predicted molar refractivity (Wildman–Crippen MR) is 94.3 cm³/mol. The molecule has 0 radical (unpaired) electrons. The Labute approximate surface area is 155 Å². The van der Waals surface area contributed by atoms with Crippen LogP contribution in [0.1, 0.15) is 24.1 Å². The number of fused-ring (bicyclic) bond motifs is 1. The molecule has 2 aromatic rings. The van der Waals surface area contributed by atoms with Crippen LogP contribution in [0.4, 0.5) is 13.6 Å². The first kappa shape index (κ1) is 18.8. The first-order valence-electron chi connectivity index (χ1n) is 8.49. The van der Waals surface area contributed by atoms with Crippen molar-refractivity contribution in [2.24, 2.45) is 0 Å². The van der Waals surface area contributed by atoms with E-state index in [0.29, 0.717) is 30.3 Å². The summed E-state index contributed by atoms with van der Waals surface area (Å²) in [5.74, 6) is 1.39. The van der Waals surface area contributed by atoms with E-state index in [0.717, 1.165) is 5.56 Å². The maximum atomic E-state index is 12.3. The molecule has 3 rings (SSSR count). The van der Waals surface area contributed by atoms with Crippen LogP contribution in [0.5, 0.6) is 17.2 Å². The van der Waals surface area contributed by atoms with Crippen molar-refractivity contribution in [3.8, 4) is 17.2 Å². The molecule has 0 fully saturated rings. The Kier molecular flexibility index (Phi) is 5.95. The molecule has 1 atom stereocenters. The number of carbonyl (C=O) groups is 1. The molecule has 1 unspecified atom stereocenters. The largest absolute Gasteiger partial charge is 0.486 e. The molecule has 1 heterocycles. The molecule has 0 bridgehead atoms. The van der Waals surface area contributed by atoms with Gasteiger partial charge in [0.2, 0.25) is 0 Å². The summed E-state index contributed by atoms with van der Waals surface area (Å²) >= 11 is 0. The highest BCUT2D eigenvalue weighted by molar-refractivity contribution is 5.74. The van der Waals surface area contributed by atoms with E-state index >= 15 is 0 Å². The van der Waals surface area contributed by atoms with Gasteiger partial charge >= 0.3 is 12.6 Å². The monoisotopic (exact) mass is 378 g/mol. The van der Waals surface area contributed by atoms with E-state index < -0.39 is 6.61 Å². The number of hydrogen-bond donors (Lipinski definition) is 2. The fraction of sp³-hybridized carbons (Fsp3) is 0.316. The average molecular weight is 378 g/mol. The number of benzene rings is 2. The van der Waals surface area contributed by atoms with E-state index in [4.69, 9.17) is 9.47 Å². The average Bonchev–Trinajstić information content (AvgIpc) is 2.66. The van der Waals surface area contributed by atoms with Gasteiger partial charge in [-0.3, -0.25) is 0 Å². The fourth-order valence-corrected chi connectivity index (χ4v) is 2.67. The van der Waals surface area contributed by atoms with E-state index in [1.807, 2.05) is 25.1 Å². The van der Waals surface area contributed by atoms with E-state index in [2.05, 4.69) is 15.4 Å². The van der Waals surface area contributed by atoms with Crippen molar-refractivity contribution in [1.29, 1.82) is 0 Å². The molecule has 0 aromatic heterocycles. The highest BCUT2D eigenvalue weighted by Gasteiger charge is 2.15. The number of rotatable bonds is 6. The molecule has 1 aliphatic rings. The van der Waals surface area contributed by atoms with Gasteiger partial charge in [-0.15, -0.1) is 0 Å². The normalized spacial score (nSPS) is 13.8.